The number of benzene rings is 2. The number of hydrogen-bond acceptors (Lipinski definition) is 3. The number of nitrogens with zero attached hydrogens (tertiary/aromatic N) is 2. The number of hydrogen-bond donors (Lipinski definition) is 1. The molecule has 150 valence electrons. The summed E-state index contributed by atoms with van der Waals surface area (Å²) in [6.07, 6.45) is 2.31. The first-order valence-corrected chi connectivity index (χ1v) is 10.3. The van der Waals surface area contributed by atoms with Gasteiger partial charge in [-0.05, 0) is 54.7 Å². The average molecular weight is 400 g/mol. The van der Waals surface area contributed by atoms with Crippen molar-refractivity contribution in [2.24, 2.45) is 11.7 Å². The highest BCUT2D eigenvalue weighted by atomic mass is 35.5. The minimum atomic E-state index is -0.242. The molecule has 2 aromatic carbocycles. The van der Waals surface area contributed by atoms with Gasteiger partial charge in [0.05, 0.1) is 11.5 Å². The summed E-state index contributed by atoms with van der Waals surface area (Å²) in [4.78, 5) is 15.1. The molecule has 1 unspecified atom stereocenters. The molecule has 5 heteroatoms. The molecule has 1 atom stereocenters. The molecular weight excluding hydrogens is 370 g/mol. The van der Waals surface area contributed by atoms with Crippen molar-refractivity contribution in [2.45, 2.75) is 31.7 Å². The normalized spacial score (nSPS) is 17.5. The van der Waals surface area contributed by atoms with Crippen molar-refractivity contribution >= 4 is 17.7 Å². The van der Waals surface area contributed by atoms with Crippen molar-refractivity contribution in [2.75, 3.05) is 26.7 Å². The maximum absolute atomic E-state index is 13.2. The summed E-state index contributed by atoms with van der Waals surface area (Å²) < 4.78 is 1.79. The zero-order valence-electron chi connectivity index (χ0n) is 16.8. The van der Waals surface area contributed by atoms with Gasteiger partial charge in [-0.15, -0.1) is 0 Å². The number of rotatable bonds is 6. The number of nitrogens with two attached hydrogens (primary N) is 1. The first-order valence-electron chi connectivity index (χ1n) is 9.96. The molecule has 1 aliphatic heterocycles. The Labute approximate surface area is 173 Å². The fraction of sp³-hybridized carbons (Fsp3) is 0.435. The smallest absolute Gasteiger partial charge is 0.227 e. The zero-order chi connectivity index (χ0) is 20.1. The van der Waals surface area contributed by atoms with Crippen LogP contribution in [-0.4, -0.2) is 41.9 Å². The van der Waals surface area contributed by atoms with E-state index in [0.29, 0.717) is 26.1 Å². The molecule has 0 aromatic heterocycles. The van der Waals surface area contributed by atoms with Gasteiger partial charge >= 0.3 is 0 Å². The standard InChI is InChI=1S/C23H30ClN3O/c1-18-8-6-7-9-19(18)16-20(17-25)22(28)27-14-12-23(13-15-27,26(2)24)21-10-4-3-5-11-21/h3-11,20H,12-17,25H2,1-2H3. The van der Waals surface area contributed by atoms with E-state index in [9.17, 15) is 4.79 Å². The second-order valence-corrected chi connectivity index (χ2v) is 8.27. The van der Waals surface area contributed by atoms with E-state index in [0.717, 1.165) is 12.8 Å². The van der Waals surface area contributed by atoms with Gasteiger partial charge in [0, 0.05) is 26.7 Å². The van der Waals surface area contributed by atoms with Crippen LogP contribution in [-0.2, 0) is 16.8 Å². The van der Waals surface area contributed by atoms with Crippen LogP contribution in [0.25, 0.3) is 0 Å². The van der Waals surface area contributed by atoms with Gasteiger partial charge in [-0.2, -0.15) is 0 Å². The molecular formula is C23H30ClN3O. The van der Waals surface area contributed by atoms with Gasteiger partial charge in [0.1, 0.15) is 0 Å². The van der Waals surface area contributed by atoms with Crippen LogP contribution in [0.15, 0.2) is 54.6 Å². The zero-order valence-corrected chi connectivity index (χ0v) is 17.5. The van der Waals surface area contributed by atoms with Gasteiger partial charge in [-0.3, -0.25) is 4.79 Å². The van der Waals surface area contributed by atoms with Gasteiger partial charge in [-0.25, -0.2) is 4.42 Å². The Balaban J connectivity index is 1.70. The predicted octanol–water partition coefficient (Wildman–Crippen LogP) is 3.72. The lowest BCUT2D eigenvalue weighted by atomic mass is 9.80. The van der Waals surface area contributed by atoms with E-state index in [1.807, 2.05) is 42.3 Å². The Morgan fingerprint density at radius 2 is 1.75 bits per heavy atom. The molecule has 0 radical (unpaired) electrons. The number of halogens is 1. The fourth-order valence-electron chi connectivity index (χ4n) is 4.25. The summed E-state index contributed by atoms with van der Waals surface area (Å²) in [5.74, 6) is -0.0244. The highest BCUT2D eigenvalue weighted by Crippen LogP contribution is 2.39. The maximum atomic E-state index is 13.2. The molecule has 3 rings (SSSR count). The topological polar surface area (TPSA) is 49.6 Å². The van der Waals surface area contributed by atoms with Crippen LogP contribution in [0.5, 0.6) is 0 Å². The first kappa shape index (κ1) is 20.8. The van der Waals surface area contributed by atoms with Crippen LogP contribution in [0.1, 0.15) is 29.5 Å². The molecule has 0 bridgehead atoms. The lowest BCUT2D eigenvalue weighted by molar-refractivity contribution is -0.137. The highest BCUT2D eigenvalue weighted by Gasteiger charge is 2.41. The Hall–Kier alpha value is -1.88. The molecule has 0 aliphatic carbocycles. The summed E-state index contributed by atoms with van der Waals surface area (Å²) in [5, 5.41) is 0. The van der Waals surface area contributed by atoms with Crippen molar-refractivity contribution in [3.05, 3.63) is 71.3 Å². The Morgan fingerprint density at radius 1 is 1.14 bits per heavy atom. The molecule has 4 nitrogen and oxygen atoms in total. The van der Waals surface area contributed by atoms with Crippen LogP contribution in [0.4, 0.5) is 0 Å². The molecule has 0 saturated carbocycles. The van der Waals surface area contributed by atoms with Crippen molar-refractivity contribution < 1.29 is 4.79 Å². The summed E-state index contributed by atoms with van der Waals surface area (Å²) in [5.41, 5.74) is 9.36. The van der Waals surface area contributed by atoms with Crippen LogP contribution in [0.3, 0.4) is 0 Å². The second kappa shape index (κ2) is 9.08. The molecule has 1 amide bonds. The highest BCUT2D eigenvalue weighted by molar-refractivity contribution is 6.13. The van der Waals surface area contributed by atoms with E-state index in [4.69, 9.17) is 17.5 Å². The number of carbonyl (C=O) groups excluding carboxylic acids is 1. The minimum absolute atomic E-state index is 0.157. The van der Waals surface area contributed by atoms with Crippen molar-refractivity contribution in [3.63, 3.8) is 0 Å². The number of aryl methyl sites for hydroxylation is 1. The van der Waals surface area contributed by atoms with Crippen molar-refractivity contribution in [1.29, 1.82) is 0 Å². The van der Waals surface area contributed by atoms with Crippen molar-refractivity contribution in [3.8, 4) is 0 Å². The molecule has 2 N–H and O–H groups in total. The lowest BCUT2D eigenvalue weighted by Gasteiger charge is -2.45. The summed E-state index contributed by atoms with van der Waals surface area (Å²) in [6, 6.07) is 18.6. The van der Waals surface area contributed by atoms with E-state index in [-0.39, 0.29) is 17.4 Å². The van der Waals surface area contributed by atoms with Gasteiger partial charge in [-0.1, -0.05) is 54.6 Å². The first-order chi connectivity index (χ1) is 13.5. The monoisotopic (exact) mass is 399 g/mol. The van der Waals surface area contributed by atoms with E-state index >= 15 is 0 Å². The summed E-state index contributed by atoms with van der Waals surface area (Å²) in [6.45, 7) is 3.83. The Bertz CT molecular complexity index is 785. The van der Waals surface area contributed by atoms with E-state index in [2.05, 4.69) is 31.2 Å². The van der Waals surface area contributed by atoms with Crippen LogP contribution in [0, 0.1) is 12.8 Å². The molecule has 1 fully saturated rings. The van der Waals surface area contributed by atoms with E-state index in [1.54, 1.807) is 4.42 Å². The van der Waals surface area contributed by atoms with E-state index < -0.39 is 0 Å². The molecule has 1 aliphatic rings. The fourth-order valence-corrected chi connectivity index (χ4v) is 4.52. The summed E-state index contributed by atoms with van der Waals surface area (Å²) in [7, 11) is 1.91. The molecule has 1 saturated heterocycles. The number of amides is 1. The van der Waals surface area contributed by atoms with Crippen LogP contribution >= 0.6 is 11.8 Å². The maximum Gasteiger partial charge on any atom is 0.227 e. The van der Waals surface area contributed by atoms with Crippen LogP contribution in [0.2, 0.25) is 0 Å². The third-order valence-electron chi connectivity index (χ3n) is 6.16. The second-order valence-electron chi connectivity index (χ2n) is 7.76. The predicted molar refractivity (Wildman–Crippen MR) is 115 cm³/mol. The van der Waals surface area contributed by atoms with Gasteiger partial charge in [0.2, 0.25) is 5.91 Å². The van der Waals surface area contributed by atoms with Gasteiger partial charge in [0.25, 0.3) is 0 Å². The molecule has 2 aromatic rings. The van der Waals surface area contributed by atoms with Gasteiger partial charge in [0.15, 0.2) is 0 Å². The lowest BCUT2D eigenvalue weighted by Crippen LogP contribution is -2.52. The third kappa shape index (κ3) is 4.24. The molecule has 1 heterocycles. The largest absolute Gasteiger partial charge is 0.342 e. The third-order valence-corrected chi connectivity index (χ3v) is 6.49. The molecule has 0 spiro atoms. The SMILES string of the molecule is Cc1ccccc1CC(CN)C(=O)N1CCC(c2ccccc2)(N(C)Cl)CC1. The Kier molecular flexibility index (Phi) is 6.76. The number of carbonyl (C=O) groups is 1. The van der Waals surface area contributed by atoms with Crippen molar-refractivity contribution in [1.82, 2.24) is 9.32 Å². The van der Waals surface area contributed by atoms with Crippen LogP contribution < -0.4 is 5.73 Å². The Morgan fingerprint density at radius 3 is 2.32 bits per heavy atom. The average Bonchev–Trinajstić information content (AvgIpc) is 2.73. The minimum Gasteiger partial charge on any atom is -0.342 e. The van der Waals surface area contributed by atoms with E-state index in [1.165, 1.54) is 16.7 Å². The molecule has 28 heavy (non-hydrogen) atoms. The summed E-state index contributed by atoms with van der Waals surface area (Å²) >= 11 is 6.50. The number of likely N-dealkylation sites (tertiary alicyclic amines) is 1. The quantitative estimate of drug-likeness (QED) is 0.753. The number of piperidine rings is 1. The van der Waals surface area contributed by atoms with Gasteiger partial charge < -0.3 is 10.6 Å².